The van der Waals surface area contributed by atoms with E-state index in [1.807, 2.05) is 0 Å². The molecular formula is C11H11N5O2. The van der Waals surface area contributed by atoms with Gasteiger partial charge in [-0.1, -0.05) is 17.3 Å². The van der Waals surface area contributed by atoms with Gasteiger partial charge in [0, 0.05) is 17.4 Å². The molecule has 0 bridgehead atoms. The standard InChI is InChI=1S/C11H11N5O2/c12-10(16-18)7-2-1-3-8(6-7)14-11(17)9-4-5-13-15-9/h1-6,18H,(H2,12,16)(H,13,15)(H,14,17). The van der Waals surface area contributed by atoms with E-state index in [4.69, 9.17) is 10.9 Å². The molecule has 1 aromatic heterocycles. The Kier molecular flexibility index (Phi) is 3.24. The summed E-state index contributed by atoms with van der Waals surface area (Å²) in [6, 6.07) is 8.21. The van der Waals surface area contributed by atoms with Crippen LogP contribution in [0.15, 0.2) is 41.7 Å². The SMILES string of the molecule is NC(=NO)c1cccc(NC(=O)c2ccn[nH]2)c1. The lowest BCUT2D eigenvalue weighted by Crippen LogP contribution is -2.15. The average molecular weight is 245 g/mol. The minimum atomic E-state index is -0.316. The summed E-state index contributed by atoms with van der Waals surface area (Å²) in [5, 5.41) is 20.4. The fourth-order valence-electron chi connectivity index (χ4n) is 1.39. The van der Waals surface area contributed by atoms with E-state index in [0.29, 0.717) is 16.9 Å². The van der Waals surface area contributed by atoms with Crippen LogP contribution in [0.4, 0.5) is 5.69 Å². The third kappa shape index (κ3) is 2.46. The van der Waals surface area contributed by atoms with E-state index in [-0.39, 0.29) is 11.7 Å². The normalized spacial score (nSPS) is 11.2. The highest BCUT2D eigenvalue weighted by atomic mass is 16.4. The number of anilines is 1. The van der Waals surface area contributed by atoms with Crippen LogP contribution in [0, 0.1) is 0 Å². The Morgan fingerprint density at radius 2 is 2.28 bits per heavy atom. The summed E-state index contributed by atoms with van der Waals surface area (Å²) in [4.78, 5) is 11.7. The summed E-state index contributed by atoms with van der Waals surface area (Å²) in [6.07, 6.45) is 1.49. The van der Waals surface area contributed by atoms with Crippen molar-refractivity contribution in [1.29, 1.82) is 0 Å². The van der Waals surface area contributed by atoms with E-state index < -0.39 is 0 Å². The lowest BCUT2D eigenvalue weighted by molar-refractivity contribution is 0.102. The summed E-state index contributed by atoms with van der Waals surface area (Å²) < 4.78 is 0. The lowest BCUT2D eigenvalue weighted by atomic mass is 10.2. The van der Waals surface area contributed by atoms with Gasteiger partial charge in [0.1, 0.15) is 5.69 Å². The number of hydrogen-bond acceptors (Lipinski definition) is 4. The van der Waals surface area contributed by atoms with Crippen LogP contribution in [0.5, 0.6) is 0 Å². The molecule has 0 atom stereocenters. The van der Waals surface area contributed by atoms with Crippen molar-refractivity contribution in [2.45, 2.75) is 0 Å². The number of aromatic nitrogens is 2. The maximum Gasteiger partial charge on any atom is 0.273 e. The predicted octanol–water partition coefficient (Wildman–Crippen LogP) is 0.756. The number of amidine groups is 1. The van der Waals surface area contributed by atoms with Crippen molar-refractivity contribution in [1.82, 2.24) is 10.2 Å². The van der Waals surface area contributed by atoms with Crippen LogP contribution in [0.3, 0.4) is 0 Å². The minimum Gasteiger partial charge on any atom is -0.409 e. The maximum atomic E-state index is 11.7. The molecule has 1 aromatic carbocycles. The first-order valence-electron chi connectivity index (χ1n) is 5.09. The zero-order valence-electron chi connectivity index (χ0n) is 9.29. The van der Waals surface area contributed by atoms with Crippen molar-refractivity contribution in [3.63, 3.8) is 0 Å². The number of nitrogens with two attached hydrogens (primary N) is 1. The van der Waals surface area contributed by atoms with Crippen molar-refractivity contribution >= 4 is 17.4 Å². The molecule has 0 fully saturated rings. The number of oxime groups is 1. The Balaban J connectivity index is 2.17. The largest absolute Gasteiger partial charge is 0.409 e. The third-order valence-electron chi connectivity index (χ3n) is 2.27. The first-order chi connectivity index (χ1) is 8.70. The summed E-state index contributed by atoms with van der Waals surface area (Å²) in [5.41, 5.74) is 6.87. The Morgan fingerprint density at radius 3 is 2.94 bits per heavy atom. The van der Waals surface area contributed by atoms with E-state index in [1.165, 1.54) is 6.20 Å². The number of aromatic amines is 1. The second-order valence-electron chi connectivity index (χ2n) is 3.49. The Bertz CT molecular complexity index is 577. The molecule has 18 heavy (non-hydrogen) atoms. The minimum absolute atomic E-state index is 0.0207. The molecule has 0 aliphatic rings. The molecule has 2 rings (SSSR count). The molecular weight excluding hydrogens is 234 g/mol. The van der Waals surface area contributed by atoms with E-state index in [9.17, 15) is 4.79 Å². The van der Waals surface area contributed by atoms with Gasteiger partial charge in [0.2, 0.25) is 0 Å². The summed E-state index contributed by atoms with van der Waals surface area (Å²) in [6.45, 7) is 0. The van der Waals surface area contributed by atoms with Gasteiger partial charge in [0.25, 0.3) is 5.91 Å². The van der Waals surface area contributed by atoms with Crippen molar-refractivity contribution < 1.29 is 10.0 Å². The molecule has 2 aromatic rings. The van der Waals surface area contributed by atoms with Gasteiger partial charge in [-0.3, -0.25) is 9.89 Å². The first kappa shape index (κ1) is 11.6. The van der Waals surface area contributed by atoms with Gasteiger partial charge in [-0.2, -0.15) is 5.10 Å². The molecule has 0 saturated heterocycles. The zero-order chi connectivity index (χ0) is 13.0. The molecule has 5 N–H and O–H groups in total. The van der Waals surface area contributed by atoms with Crippen LogP contribution in [0.25, 0.3) is 0 Å². The van der Waals surface area contributed by atoms with Gasteiger partial charge in [-0.25, -0.2) is 0 Å². The summed E-state index contributed by atoms with van der Waals surface area (Å²) >= 11 is 0. The topological polar surface area (TPSA) is 116 Å². The quantitative estimate of drug-likeness (QED) is 0.276. The van der Waals surface area contributed by atoms with Gasteiger partial charge in [-0.05, 0) is 18.2 Å². The van der Waals surface area contributed by atoms with Gasteiger partial charge in [0.05, 0.1) is 0 Å². The Hall–Kier alpha value is -2.83. The maximum absolute atomic E-state index is 11.7. The Labute approximate surface area is 102 Å². The van der Waals surface area contributed by atoms with E-state index in [1.54, 1.807) is 30.3 Å². The lowest BCUT2D eigenvalue weighted by Gasteiger charge is -2.05. The third-order valence-corrected chi connectivity index (χ3v) is 2.27. The number of amides is 1. The monoisotopic (exact) mass is 245 g/mol. The highest BCUT2D eigenvalue weighted by molar-refractivity contribution is 6.04. The fourth-order valence-corrected chi connectivity index (χ4v) is 1.39. The van der Waals surface area contributed by atoms with E-state index in [0.717, 1.165) is 0 Å². The van der Waals surface area contributed by atoms with Gasteiger partial charge < -0.3 is 16.3 Å². The van der Waals surface area contributed by atoms with Crippen LogP contribution < -0.4 is 11.1 Å². The highest BCUT2D eigenvalue weighted by Gasteiger charge is 2.08. The number of rotatable bonds is 3. The zero-order valence-corrected chi connectivity index (χ0v) is 9.29. The highest BCUT2D eigenvalue weighted by Crippen LogP contribution is 2.11. The van der Waals surface area contributed by atoms with Crippen LogP contribution in [-0.4, -0.2) is 27.1 Å². The van der Waals surface area contributed by atoms with Crippen molar-refractivity contribution in [3.8, 4) is 0 Å². The first-order valence-corrected chi connectivity index (χ1v) is 5.09. The van der Waals surface area contributed by atoms with Crippen LogP contribution in [0.1, 0.15) is 16.1 Å². The van der Waals surface area contributed by atoms with Crippen LogP contribution >= 0.6 is 0 Å². The number of nitrogens with zero attached hydrogens (tertiary/aromatic N) is 2. The number of hydrogen-bond donors (Lipinski definition) is 4. The average Bonchev–Trinajstić information content (AvgIpc) is 2.92. The van der Waals surface area contributed by atoms with Crippen molar-refractivity contribution in [2.75, 3.05) is 5.32 Å². The molecule has 92 valence electrons. The Morgan fingerprint density at radius 1 is 1.44 bits per heavy atom. The number of carbonyl (C=O) groups is 1. The molecule has 0 aliphatic heterocycles. The second-order valence-corrected chi connectivity index (χ2v) is 3.49. The van der Waals surface area contributed by atoms with E-state index in [2.05, 4.69) is 20.7 Å². The van der Waals surface area contributed by atoms with E-state index >= 15 is 0 Å². The fraction of sp³-hybridized carbons (Fsp3) is 0. The van der Waals surface area contributed by atoms with Gasteiger partial charge in [0.15, 0.2) is 5.84 Å². The molecule has 0 radical (unpaired) electrons. The smallest absolute Gasteiger partial charge is 0.273 e. The van der Waals surface area contributed by atoms with Gasteiger partial charge >= 0.3 is 0 Å². The number of benzene rings is 1. The molecule has 1 amide bonds. The van der Waals surface area contributed by atoms with Crippen molar-refractivity contribution in [3.05, 3.63) is 47.8 Å². The molecule has 7 nitrogen and oxygen atoms in total. The predicted molar refractivity (Wildman–Crippen MR) is 65.5 cm³/mol. The second kappa shape index (κ2) is 5.00. The van der Waals surface area contributed by atoms with Crippen LogP contribution in [-0.2, 0) is 0 Å². The molecule has 1 heterocycles. The van der Waals surface area contributed by atoms with Crippen LogP contribution in [0.2, 0.25) is 0 Å². The number of H-pyrrole nitrogens is 1. The number of carbonyl (C=O) groups excluding carboxylic acids is 1. The molecule has 7 heteroatoms. The van der Waals surface area contributed by atoms with Gasteiger partial charge in [-0.15, -0.1) is 0 Å². The summed E-state index contributed by atoms with van der Waals surface area (Å²) in [7, 11) is 0. The molecule has 0 aliphatic carbocycles. The summed E-state index contributed by atoms with van der Waals surface area (Å²) in [5.74, 6) is -0.336. The number of nitrogens with one attached hydrogen (secondary N) is 2. The molecule has 0 spiro atoms. The van der Waals surface area contributed by atoms with Crippen molar-refractivity contribution in [2.24, 2.45) is 10.9 Å². The molecule has 0 unspecified atom stereocenters. The molecule has 0 saturated carbocycles.